The number of carbonyl (C=O) groups is 1. The summed E-state index contributed by atoms with van der Waals surface area (Å²) < 4.78 is 20.2. The maximum atomic E-state index is 11.8. The molecule has 6 N–H and O–H groups in total. The number of hydrogen-bond donors (Lipinski definition) is 6. The zero-order valence-electron chi connectivity index (χ0n) is 11.7. The predicted molar refractivity (Wildman–Crippen MR) is 71.8 cm³/mol. The Kier molecular flexibility index (Phi) is 4.79. The minimum absolute atomic E-state index is 0.335. The molecule has 1 aromatic rings. The van der Waals surface area contributed by atoms with E-state index in [1.807, 2.05) is 0 Å². The third-order valence-electron chi connectivity index (χ3n) is 3.33. The highest BCUT2D eigenvalue weighted by Gasteiger charge is 2.61. The number of carboxylic acids is 1. The van der Waals surface area contributed by atoms with Gasteiger partial charge in [0.25, 0.3) is 11.3 Å². The quantitative estimate of drug-likeness (QED) is 0.281. The molecular weight excluding hydrogens is 355 g/mol. The molecule has 13 nitrogen and oxygen atoms in total. The average molecular weight is 368 g/mol. The third-order valence-corrected chi connectivity index (χ3v) is 3.82. The van der Waals surface area contributed by atoms with E-state index in [2.05, 4.69) is 4.52 Å². The van der Waals surface area contributed by atoms with Crippen LogP contribution in [0.15, 0.2) is 21.9 Å². The number of rotatable bonds is 5. The molecule has 1 aliphatic heterocycles. The van der Waals surface area contributed by atoms with Crippen molar-refractivity contribution in [3.63, 3.8) is 0 Å². The van der Waals surface area contributed by atoms with Crippen LogP contribution in [0.4, 0.5) is 0 Å². The van der Waals surface area contributed by atoms with Crippen LogP contribution in [-0.2, 0) is 24.3 Å². The van der Waals surface area contributed by atoms with E-state index in [-0.39, 0.29) is 0 Å². The van der Waals surface area contributed by atoms with Crippen molar-refractivity contribution in [2.45, 2.75) is 24.0 Å². The highest BCUT2D eigenvalue weighted by atomic mass is 31.2. The molecule has 0 radical (unpaired) electrons. The maximum absolute atomic E-state index is 11.8. The Morgan fingerprint density at radius 1 is 1.42 bits per heavy atom. The Bertz CT molecular complexity index is 796. The van der Waals surface area contributed by atoms with Gasteiger partial charge in [-0.1, -0.05) is 0 Å². The Balaban J connectivity index is 2.46. The number of hydrogen-bond acceptors (Lipinski definition) is 8. The summed E-state index contributed by atoms with van der Waals surface area (Å²) in [6.45, 7) is -0.963. The van der Waals surface area contributed by atoms with E-state index < -0.39 is 55.7 Å². The first-order valence-corrected chi connectivity index (χ1v) is 7.82. The predicted octanol–water partition coefficient (Wildman–Crippen LogP) is -3.50. The number of aliphatic hydroxyl groups excluding tert-OH is 2. The van der Waals surface area contributed by atoms with Gasteiger partial charge in [-0.25, -0.2) is 14.2 Å². The van der Waals surface area contributed by atoms with Crippen molar-refractivity contribution >= 4 is 13.8 Å². The molecule has 1 saturated heterocycles. The van der Waals surface area contributed by atoms with Gasteiger partial charge in [-0.05, 0) is 0 Å². The number of aliphatic carboxylic acids is 1. The fourth-order valence-corrected chi connectivity index (χ4v) is 2.61. The summed E-state index contributed by atoms with van der Waals surface area (Å²) in [4.78, 5) is 53.6. The van der Waals surface area contributed by atoms with Crippen molar-refractivity contribution in [2.75, 3.05) is 6.61 Å². The van der Waals surface area contributed by atoms with Gasteiger partial charge in [0, 0.05) is 12.3 Å². The lowest BCUT2D eigenvalue weighted by molar-refractivity contribution is -0.195. The highest BCUT2D eigenvalue weighted by Crippen LogP contribution is 2.40. The van der Waals surface area contributed by atoms with Crippen LogP contribution in [0.5, 0.6) is 0 Å². The van der Waals surface area contributed by atoms with Gasteiger partial charge in [-0.3, -0.25) is 18.9 Å². The SMILES string of the molecule is O=C(O)[C@@]1(n2ccc(=O)[nH]c2=O)O[C@H](COP(=O)(O)O)[C@@H](O)[C@H]1O. The van der Waals surface area contributed by atoms with Crippen LogP contribution in [0.25, 0.3) is 0 Å². The molecule has 1 aromatic heterocycles. The third kappa shape index (κ3) is 3.18. The number of aromatic amines is 1. The largest absolute Gasteiger partial charge is 0.478 e. The molecule has 14 heteroatoms. The minimum atomic E-state index is -4.95. The van der Waals surface area contributed by atoms with Crippen LogP contribution in [-0.4, -0.2) is 65.5 Å². The molecule has 0 unspecified atom stereocenters. The lowest BCUT2D eigenvalue weighted by Crippen LogP contribution is -2.56. The van der Waals surface area contributed by atoms with E-state index in [9.17, 15) is 34.3 Å². The van der Waals surface area contributed by atoms with Gasteiger partial charge in [-0.15, -0.1) is 0 Å². The monoisotopic (exact) mass is 368 g/mol. The molecule has 0 aliphatic carbocycles. The number of nitrogens with one attached hydrogen (secondary N) is 1. The zero-order valence-corrected chi connectivity index (χ0v) is 12.6. The number of phosphoric ester groups is 1. The summed E-state index contributed by atoms with van der Waals surface area (Å²) in [7, 11) is -4.95. The van der Waals surface area contributed by atoms with Crippen molar-refractivity contribution in [1.29, 1.82) is 0 Å². The molecule has 24 heavy (non-hydrogen) atoms. The Morgan fingerprint density at radius 3 is 2.54 bits per heavy atom. The van der Waals surface area contributed by atoms with E-state index >= 15 is 0 Å². The van der Waals surface area contributed by atoms with E-state index in [1.54, 1.807) is 4.98 Å². The maximum Gasteiger partial charge on any atom is 0.469 e. The van der Waals surface area contributed by atoms with Crippen molar-refractivity contribution in [1.82, 2.24) is 9.55 Å². The fraction of sp³-hybridized carbons (Fsp3) is 0.500. The summed E-state index contributed by atoms with van der Waals surface area (Å²) in [5.41, 5.74) is -4.91. The van der Waals surface area contributed by atoms with Gasteiger partial charge in [0.05, 0.1) is 6.61 Å². The van der Waals surface area contributed by atoms with Crippen LogP contribution < -0.4 is 11.2 Å². The molecule has 2 heterocycles. The molecule has 4 atom stereocenters. The smallest absolute Gasteiger partial charge is 0.469 e. The van der Waals surface area contributed by atoms with Gasteiger partial charge < -0.3 is 29.8 Å². The van der Waals surface area contributed by atoms with Gasteiger partial charge in [0.1, 0.15) is 18.3 Å². The number of ether oxygens (including phenoxy) is 1. The number of carboxylic acid groups (broad SMARTS) is 1. The zero-order chi connectivity index (χ0) is 18.3. The lowest BCUT2D eigenvalue weighted by atomic mass is 10.0. The Hall–Kier alpha value is -1.86. The molecule has 0 spiro atoms. The van der Waals surface area contributed by atoms with Crippen molar-refractivity contribution in [2.24, 2.45) is 0 Å². The Morgan fingerprint density at radius 2 is 2.04 bits per heavy atom. The van der Waals surface area contributed by atoms with Crippen LogP contribution in [0, 0.1) is 0 Å². The molecule has 0 aromatic carbocycles. The van der Waals surface area contributed by atoms with Crippen LogP contribution in [0.2, 0.25) is 0 Å². The number of phosphoric acid groups is 1. The van der Waals surface area contributed by atoms with E-state index in [1.165, 1.54) is 0 Å². The molecule has 0 bridgehead atoms. The van der Waals surface area contributed by atoms with Crippen LogP contribution in [0.3, 0.4) is 0 Å². The summed E-state index contributed by atoms with van der Waals surface area (Å²) in [5, 5.41) is 29.4. The van der Waals surface area contributed by atoms with Crippen molar-refractivity contribution < 1.29 is 43.7 Å². The van der Waals surface area contributed by atoms with Crippen molar-refractivity contribution in [3.05, 3.63) is 33.1 Å². The van der Waals surface area contributed by atoms with E-state index in [0.717, 1.165) is 12.3 Å². The standard InChI is InChI=1S/C10H13N2O11P/c13-5-1-2-12(9(18)11-5)10(8(16)17)7(15)6(14)4(23-10)3-22-24(19,20)21/h1-2,4,6-7,14-15H,3H2,(H,16,17)(H,11,13,18)(H2,19,20,21)/t4-,6-,7-,10+/m1/s1. The second kappa shape index (κ2) is 6.22. The van der Waals surface area contributed by atoms with E-state index in [4.69, 9.17) is 14.5 Å². The van der Waals surface area contributed by atoms with E-state index in [0.29, 0.717) is 4.57 Å². The summed E-state index contributed by atoms with van der Waals surface area (Å²) in [6.07, 6.45) is -5.10. The molecule has 1 aliphatic rings. The molecule has 0 saturated carbocycles. The van der Waals surface area contributed by atoms with Gasteiger partial charge in [0.2, 0.25) is 0 Å². The molecule has 134 valence electrons. The first-order valence-electron chi connectivity index (χ1n) is 6.29. The van der Waals surface area contributed by atoms with Gasteiger partial charge in [-0.2, -0.15) is 0 Å². The molecular formula is C10H13N2O11P. The topological polar surface area (TPSA) is 209 Å². The normalized spacial score (nSPS) is 30.4. The highest BCUT2D eigenvalue weighted by molar-refractivity contribution is 7.46. The summed E-state index contributed by atoms with van der Waals surface area (Å²) >= 11 is 0. The first kappa shape index (κ1) is 18.5. The molecule has 2 rings (SSSR count). The van der Waals surface area contributed by atoms with Gasteiger partial charge in [0.15, 0.2) is 0 Å². The number of aromatic nitrogens is 2. The fourth-order valence-electron chi connectivity index (χ4n) is 2.27. The number of aliphatic hydroxyl groups is 2. The number of nitrogens with zero attached hydrogens (tertiary/aromatic N) is 1. The second-order valence-electron chi connectivity index (χ2n) is 4.86. The summed E-state index contributed by atoms with van der Waals surface area (Å²) in [5.74, 6) is -1.89. The Labute approximate surface area is 131 Å². The van der Waals surface area contributed by atoms with Crippen molar-refractivity contribution in [3.8, 4) is 0 Å². The molecule has 1 fully saturated rings. The molecule has 0 amide bonds. The second-order valence-corrected chi connectivity index (χ2v) is 6.10. The van der Waals surface area contributed by atoms with Gasteiger partial charge >= 0.3 is 19.5 Å². The number of H-pyrrole nitrogens is 1. The lowest BCUT2D eigenvalue weighted by Gasteiger charge is -2.28. The summed E-state index contributed by atoms with van der Waals surface area (Å²) in [6, 6.07) is 0.786. The van der Waals surface area contributed by atoms with Crippen LogP contribution >= 0.6 is 7.82 Å². The minimum Gasteiger partial charge on any atom is -0.478 e. The first-order chi connectivity index (χ1) is 11.0. The van der Waals surface area contributed by atoms with Crippen LogP contribution in [0.1, 0.15) is 0 Å². The average Bonchev–Trinajstić information content (AvgIpc) is 2.70.